The molecule has 1 saturated carbocycles. The highest BCUT2D eigenvalue weighted by Crippen LogP contribution is 2.31. The van der Waals surface area contributed by atoms with E-state index in [-0.39, 0.29) is 6.47 Å². The van der Waals surface area contributed by atoms with E-state index in [1.54, 1.807) is 0 Å². The number of hydrogen-bond acceptors (Lipinski definition) is 4. The van der Waals surface area contributed by atoms with Crippen molar-refractivity contribution in [3.05, 3.63) is 35.9 Å². The highest BCUT2D eigenvalue weighted by atomic mass is 16.7. The van der Waals surface area contributed by atoms with E-state index in [9.17, 15) is 9.90 Å². The molecule has 0 unspecified atom stereocenters. The second-order valence-electron chi connectivity index (χ2n) is 4.60. The van der Waals surface area contributed by atoms with Crippen molar-refractivity contribution in [1.82, 2.24) is 0 Å². The van der Waals surface area contributed by atoms with E-state index in [0.717, 1.165) is 24.8 Å². The summed E-state index contributed by atoms with van der Waals surface area (Å²) >= 11 is 0. The number of benzene rings is 1. The summed E-state index contributed by atoms with van der Waals surface area (Å²) in [6.07, 6.45) is 4.36. The van der Waals surface area contributed by atoms with Crippen LogP contribution in [0.2, 0.25) is 0 Å². The maximum atomic E-state index is 10.7. The fourth-order valence-electron chi connectivity index (χ4n) is 2.45. The summed E-state index contributed by atoms with van der Waals surface area (Å²) in [6, 6.07) is 9.36. The van der Waals surface area contributed by atoms with Gasteiger partial charge in [-0.1, -0.05) is 54.8 Å². The zero-order chi connectivity index (χ0) is 12.8. The Morgan fingerprint density at radius 3 is 2.50 bits per heavy atom. The van der Waals surface area contributed by atoms with E-state index in [0.29, 0.717) is 18.6 Å². The first-order chi connectivity index (χ1) is 8.76. The number of carbonyl (C=O) groups excluding carboxylic acids is 1. The lowest BCUT2D eigenvalue weighted by Gasteiger charge is -2.32. The van der Waals surface area contributed by atoms with Crippen molar-refractivity contribution in [3.63, 3.8) is 0 Å². The highest BCUT2D eigenvalue weighted by molar-refractivity contribution is 6.06. The lowest BCUT2D eigenvalue weighted by atomic mass is 9.79. The Kier molecular flexibility index (Phi) is 4.10. The second kappa shape index (κ2) is 5.78. The summed E-state index contributed by atoms with van der Waals surface area (Å²) < 4.78 is 0. The van der Waals surface area contributed by atoms with Crippen LogP contribution in [0.25, 0.3) is 0 Å². The molecule has 1 aliphatic carbocycles. The molecule has 4 heteroatoms. The average molecular weight is 247 g/mol. The van der Waals surface area contributed by atoms with Gasteiger partial charge in [-0.05, 0) is 12.8 Å². The molecule has 0 atom stereocenters. The van der Waals surface area contributed by atoms with Crippen LogP contribution in [0.4, 0.5) is 0 Å². The Hall–Kier alpha value is -1.68. The monoisotopic (exact) mass is 247 g/mol. The molecule has 0 radical (unpaired) electrons. The molecule has 1 aromatic rings. The Morgan fingerprint density at radius 2 is 1.89 bits per heavy atom. The van der Waals surface area contributed by atoms with Gasteiger partial charge in [0.25, 0.3) is 0 Å². The molecule has 1 fully saturated rings. The lowest BCUT2D eigenvalue weighted by Crippen LogP contribution is -2.41. The number of aliphatic hydroxyl groups is 1. The Morgan fingerprint density at radius 1 is 1.22 bits per heavy atom. The number of rotatable bonds is 4. The van der Waals surface area contributed by atoms with E-state index in [4.69, 9.17) is 0 Å². The minimum absolute atomic E-state index is 0.273. The summed E-state index contributed by atoms with van der Waals surface area (Å²) in [4.78, 5) is 14.8. The van der Waals surface area contributed by atoms with Gasteiger partial charge in [0.1, 0.15) is 11.3 Å². The Labute approximate surface area is 106 Å². The van der Waals surface area contributed by atoms with Gasteiger partial charge in [-0.15, -0.1) is 0 Å². The van der Waals surface area contributed by atoms with E-state index in [2.05, 4.69) is 9.99 Å². The van der Waals surface area contributed by atoms with Crippen LogP contribution in [0.5, 0.6) is 0 Å². The van der Waals surface area contributed by atoms with Crippen LogP contribution in [0.1, 0.15) is 37.7 Å². The summed E-state index contributed by atoms with van der Waals surface area (Å²) in [6.45, 7) is 0.273. The number of carbonyl (C=O) groups is 1. The fourth-order valence-corrected chi connectivity index (χ4v) is 2.45. The molecular formula is C14H17NO3. The lowest BCUT2D eigenvalue weighted by molar-refractivity contribution is -0.128. The topological polar surface area (TPSA) is 58.9 Å². The van der Waals surface area contributed by atoms with Gasteiger partial charge >= 0.3 is 6.47 Å². The van der Waals surface area contributed by atoms with Crippen LogP contribution >= 0.6 is 0 Å². The maximum Gasteiger partial charge on any atom is 0.323 e. The van der Waals surface area contributed by atoms with Crippen molar-refractivity contribution in [2.24, 2.45) is 5.16 Å². The van der Waals surface area contributed by atoms with Crippen LogP contribution in [-0.2, 0) is 9.63 Å². The van der Waals surface area contributed by atoms with E-state index < -0.39 is 5.60 Å². The minimum atomic E-state index is -0.984. The zero-order valence-electron chi connectivity index (χ0n) is 10.2. The molecule has 1 aliphatic rings. The SMILES string of the molecule is O=CO/N=C(\c1ccccc1)C1(O)CCCCC1. The fraction of sp³-hybridized carbons (Fsp3) is 0.429. The highest BCUT2D eigenvalue weighted by Gasteiger charge is 2.36. The summed E-state index contributed by atoms with van der Waals surface area (Å²) in [5.41, 5.74) is 0.265. The van der Waals surface area contributed by atoms with E-state index in [1.807, 2.05) is 30.3 Å². The number of hydrogen-bond donors (Lipinski definition) is 1. The molecule has 18 heavy (non-hydrogen) atoms. The smallest absolute Gasteiger partial charge is 0.323 e. The molecule has 0 saturated heterocycles. The largest absolute Gasteiger partial charge is 0.383 e. The van der Waals surface area contributed by atoms with Crippen molar-refractivity contribution in [3.8, 4) is 0 Å². The average Bonchev–Trinajstić information content (AvgIpc) is 2.41. The Balaban J connectivity index is 2.33. The first-order valence-electron chi connectivity index (χ1n) is 6.22. The first kappa shape index (κ1) is 12.8. The summed E-state index contributed by atoms with van der Waals surface area (Å²) in [5, 5.41) is 14.5. The van der Waals surface area contributed by atoms with Crippen molar-refractivity contribution < 1.29 is 14.7 Å². The molecule has 96 valence electrons. The Bertz CT molecular complexity index is 422. The predicted octanol–water partition coefficient (Wildman–Crippen LogP) is 2.26. The molecule has 0 bridgehead atoms. The summed E-state index contributed by atoms with van der Waals surface area (Å²) in [7, 11) is 0. The van der Waals surface area contributed by atoms with Gasteiger partial charge in [-0.2, -0.15) is 0 Å². The van der Waals surface area contributed by atoms with Crippen molar-refractivity contribution in [2.45, 2.75) is 37.7 Å². The third-order valence-electron chi connectivity index (χ3n) is 3.36. The normalized spacial score (nSPS) is 19.3. The minimum Gasteiger partial charge on any atom is -0.383 e. The van der Waals surface area contributed by atoms with Gasteiger partial charge in [-0.25, -0.2) is 0 Å². The molecule has 0 spiro atoms. The van der Waals surface area contributed by atoms with Gasteiger partial charge in [-0.3, -0.25) is 4.79 Å². The molecule has 1 aromatic carbocycles. The van der Waals surface area contributed by atoms with Crippen LogP contribution in [0, 0.1) is 0 Å². The first-order valence-corrected chi connectivity index (χ1v) is 6.22. The zero-order valence-corrected chi connectivity index (χ0v) is 10.2. The molecule has 4 nitrogen and oxygen atoms in total. The van der Waals surface area contributed by atoms with Crippen molar-refractivity contribution >= 4 is 12.2 Å². The number of oxime groups is 1. The van der Waals surface area contributed by atoms with Crippen LogP contribution in [0.3, 0.4) is 0 Å². The molecule has 1 N–H and O–H groups in total. The third kappa shape index (κ3) is 2.76. The van der Waals surface area contributed by atoms with Gasteiger partial charge in [0, 0.05) is 5.56 Å². The second-order valence-corrected chi connectivity index (χ2v) is 4.60. The van der Waals surface area contributed by atoms with Crippen LogP contribution in [0.15, 0.2) is 35.5 Å². The number of nitrogens with zero attached hydrogens (tertiary/aromatic N) is 1. The summed E-state index contributed by atoms with van der Waals surface area (Å²) in [5.74, 6) is 0. The van der Waals surface area contributed by atoms with Gasteiger partial charge in [0.2, 0.25) is 0 Å². The third-order valence-corrected chi connectivity index (χ3v) is 3.36. The molecule has 0 amide bonds. The van der Waals surface area contributed by atoms with E-state index in [1.165, 1.54) is 0 Å². The predicted molar refractivity (Wildman–Crippen MR) is 68.2 cm³/mol. The molecule has 2 rings (SSSR count). The van der Waals surface area contributed by atoms with Crippen molar-refractivity contribution in [2.75, 3.05) is 0 Å². The molecule has 0 aromatic heterocycles. The van der Waals surface area contributed by atoms with Crippen molar-refractivity contribution in [1.29, 1.82) is 0 Å². The molecule has 0 heterocycles. The van der Waals surface area contributed by atoms with Gasteiger partial charge in [0.05, 0.1) is 0 Å². The quantitative estimate of drug-likeness (QED) is 0.384. The van der Waals surface area contributed by atoms with Crippen LogP contribution < -0.4 is 0 Å². The van der Waals surface area contributed by atoms with Crippen LogP contribution in [-0.4, -0.2) is 22.9 Å². The van der Waals surface area contributed by atoms with Gasteiger partial charge in [0.15, 0.2) is 0 Å². The molecule has 0 aliphatic heterocycles. The maximum absolute atomic E-state index is 10.7. The van der Waals surface area contributed by atoms with E-state index >= 15 is 0 Å². The van der Waals surface area contributed by atoms with Gasteiger partial charge < -0.3 is 9.94 Å². The molecular weight excluding hydrogens is 230 g/mol. The standard InChI is InChI=1S/C14H17NO3/c16-11-18-15-13(12-7-3-1-4-8-12)14(17)9-5-2-6-10-14/h1,3-4,7-8,11,17H,2,5-6,9-10H2/b15-13+.